The van der Waals surface area contributed by atoms with E-state index in [4.69, 9.17) is 20.2 Å². The standard InChI is InChI=1S/C38H62N6O3/c1-7-20-43(5)21-10-9-11-27(3)29-16-22-44(23-17-29)34-15-13-31(26-35(34)46-6)41-38-33(36(39)45)14-12-28(4)32(8-2)37(42-38)40-30-18-24-47-25-19-30/h13,15,26-27,29-30,41H,7-12,14,16-25H2,1-6H3,(H2,39,45)(H,40,42)/b32-28+,38-33+/t27-/m1/s1. The Bertz CT molecular complexity index is 1260. The van der Waals surface area contributed by atoms with Crippen molar-refractivity contribution in [2.75, 3.05) is 63.8 Å². The molecule has 1 amide bonds. The van der Waals surface area contributed by atoms with Crippen molar-refractivity contribution >= 4 is 23.1 Å². The second-order valence-electron chi connectivity index (χ2n) is 13.9. The maximum atomic E-state index is 12.7. The minimum absolute atomic E-state index is 0.277. The number of allylic oxidation sites excluding steroid dienone is 1. The molecular formula is C38H62N6O3. The van der Waals surface area contributed by atoms with Crippen LogP contribution in [0.4, 0.5) is 11.4 Å². The SMILES string of the molecule is CCCN(C)CCCC[C@@H](C)C1CCN(c2ccc(NC3=C(\C(N)=O)CC/C(C)=C(CC)/C(NC4CCOCC4)=N\3)cc2OC)CC1. The molecule has 9 heteroatoms. The Kier molecular flexibility index (Phi) is 14.5. The number of rotatable bonds is 15. The van der Waals surface area contributed by atoms with Crippen molar-refractivity contribution in [2.45, 2.75) is 104 Å². The minimum Gasteiger partial charge on any atom is -0.495 e. The van der Waals surface area contributed by atoms with E-state index in [1.165, 1.54) is 62.8 Å². The Balaban J connectivity index is 1.45. The predicted molar refractivity (Wildman–Crippen MR) is 195 cm³/mol. The normalized spacial score (nSPS) is 23.6. The summed E-state index contributed by atoms with van der Waals surface area (Å²) in [5, 5.41) is 7.17. The zero-order valence-electron chi connectivity index (χ0n) is 30.1. The van der Waals surface area contributed by atoms with Gasteiger partial charge in [0.05, 0.1) is 18.4 Å². The minimum atomic E-state index is -0.445. The van der Waals surface area contributed by atoms with E-state index in [1.807, 2.05) is 6.07 Å². The molecule has 1 aromatic rings. The zero-order valence-corrected chi connectivity index (χ0v) is 30.1. The first-order valence-electron chi connectivity index (χ1n) is 18.3. The first kappa shape index (κ1) is 36.8. The van der Waals surface area contributed by atoms with Gasteiger partial charge in [0, 0.05) is 44.1 Å². The number of unbranched alkanes of at least 4 members (excludes halogenated alkanes) is 1. The fraction of sp³-hybridized carbons (Fsp3) is 0.684. The van der Waals surface area contributed by atoms with Gasteiger partial charge in [-0.1, -0.05) is 39.2 Å². The van der Waals surface area contributed by atoms with Gasteiger partial charge in [-0.25, -0.2) is 4.99 Å². The first-order valence-corrected chi connectivity index (χ1v) is 18.3. The van der Waals surface area contributed by atoms with E-state index in [0.29, 0.717) is 17.8 Å². The lowest BCUT2D eigenvalue weighted by Crippen LogP contribution is -2.40. The molecule has 9 nitrogen and oxygen atoms in total. The molecule has 2 fully saturated rings. The molecule has 262 valence electrons. The summed E-state index contributed by atoms with van der Waals surface area (Å²) in [6, 6.07) is 6.50. The van der Waals surface area contributed by atoms with Crippen molar-refractivity contribution in [3.63, 3.8) is 0 Å². The number of amidine groups is 1. The van der Waals surface area contributed by atoms with Gasteiger partial charge in [0.2, 0.25) is 5.91 Å². The number of primary amides is 1. The fourth-order valence-corrected chi connectivity index (χ4v) is 7.44. The maximum Gasteiger partial charge on any atom is 0.248 e. The van der Waals surface area contributed by atoms with E-state index >= 15 is 0 Å². The molecule has 0 unspecified atom stereocenters. The molecule has 0 radical (unpaired) electrons. The third-order valence-electron chi connectivity index (χ3n) is 10.5. The molecule has 1 aromatic carbocycles. The van der Waals surface area contributed by atoms with Gasteiger partial charge in [-0.2, -0.15) is 0 Å². The van der Waals surface area contributed by atoms with Crippen molar-refractivity contribution in [2.24, 2.45) is 22.6 Å². The number of anilines is 2. The number of hydrogen-bond acceptors (Lipinski definition) is 8. The van der Waals surface area contributed by atoms with Crippen LogP contribution < -0.4 is 26.0 Å². The molecule has 0 spiro atoms. The van der Waals surface area contributed by atoms with Crippen LogP contribution in [0.25, 0.3) is 0 Å². The number of nitrogens with zero attached hydrogens (tertiary/aromatic N) is 3. The third kappa shape index (κ3) is 10.5. The molecule has 3 aliphatic heterocycles. The molecule has 4 N–H and O–H groups in total. The number of ether oxygens (including phenoxy) is 2. The highest BCUT2D eigenvalue weighted by Gasteiger charge is 2.26. The van der Waals surface area contributed by atoms with Gasteiger partial charge in [0.15, 0.2) is 0 Å². The van der Waals surface area contributed by atoms with Crippen LogP contribution in [-0.2, 0) is 9.53 Å². The number of methoxy groups -OCH3 is 1. The van der Waals surface area contributed by atoms with E-state index in [1.54, 1.807) is 7.11 Å². The predicted octanol–water partition coefficient (Wildman–Crippen LogP) is 6.86. The number of nitrogens with one attached hydrogen (secondary N) is 2. The lowest BCUT2D eigenvalue weighted by molar-refractivity contribution is -0.114. The van der Waals surface area contributed by atoms with Crippen LogP contribution in [0.5, 0.6) is 5.75 Å². The molecular weight excluding hydrogens is 588 g/mol. The van der Waals surface area contributed by atoms with Crippen molar-refractivity contribution in [1.82, 2.24) is 10.2 Å². The third-order valence-corrected chi connectivity index (χ3v) is 10.5. The van der Waals surface area contributed by atoms with Gasteiger partial charge in [-0.3, -0.25) is 4.79 Å². The highest BCUT2D eigenvalue weighted by molar-refractivity contribution is 6.01. The summed E-state index contributed by atoms with van der Waals surface area (Å²) in [5.74, 6) is 3.24. The molecule has 4 rings (SSSR count). The number of amides is 1. The van der Waals surface area contributed by atoms with Gasteiger partial charge in [0.25, 0.3) is 0 Å². The highest BCUT2D eigenvalue weighted by atomic mass is 16.5. The number of nitrogens with two attached hydrogens (primary N) is 1. The molecule has 3 heterocycles. The number of hydrogen-bond donors (Lipinski definition) is 3. The highest BCUT2D eigenvalue weighted by Crippen LogP contribution is 2.37. The van der Waals surface area contributed by atoms with Crippen LogP contribution in [0, 0.1) is 11.8 Å². The van der Waals surface area contributed by atoms with E-state index in [9.17, 15) is 4.79 Å². The Labute approximate surface area is 284 Å². The molecule has 47 heavy (non-hydrogen) atoms. The molecule has 0 aliphatic carbocycles. The number of carbonyl (C=O) groups excluding carboxylic acids is 1. The molecule has 3 aliphatic rings. The summed E-state index contributed by atoms with van der Waals surface area (Å²) in [6.07, 6.45) is 11.6. The summed E-state index contributed by atoms with van der Waals surface area (Å²) in [5.41, 5.74) is 10.8. The molecule has 0 saturated carbocycles. The zero-order chi connectivity index (χ0) is 33.8. The van der Waals surface area contributed by atoms with Gasteiger partial charge < -0.3 is 35.6 Å². The van der Waals surface area contributed by atoms with Gasteiger partial charge in [-0.15, -0.1) is 0 Å². The summed E-state index contributed by atoms with van der Waals surface area (Å²) in [4.78, 5) is 22.7. The van der Waals surface area contributed by atoms with E-state index in [0.717, 1.165) is 86.8 Å². The van der Waals surface area contributed by atoms with Crippen LogP contribution in [0.3, 0.4) is 0 Å². The Morgan fingerprint density at radius 2 is 1.87 bits per heavy atom. The lowest BCUT2D eigenvalue weighted by Gasteiger charge is -2.37. The monoisotopic (exact) mass is 650 g/mol. The Morgan fingerprint density at radius 3 is 2.53 bits per heavy atom. The van der Waals surface area contributed by atoms with Crippen LogP contribution in [-0.4, -0.2) is 76.2 Å². The summed E-state index contributed by atoms with van der Waals surface area (Å²) in [7, 11) is 3.97. The quantitative estimate of drug-likeness (QED) is 0.178. The molecule has 0 aromatic heterocycles. The van der Waals surface area contributed by atoms with Crippen LogP contribution in [0.15, 0.2) is 45.7 Å². The topological polar surface area (TPSA) is 104 Å². The molecule has 2 saturated heterocycles. The van der Waals surface area contributed by atoms with Crippen molar-refractivity contribution < 1.29 is 14.3 Å². The van der Waals surface area contributed by atoms with Crippen LogP contribution in [0.1, 0.15) is 98.3 Å². The number of aliphatic imine (C=N–C) groups is 1. The summed E-state index contributed by atoms with van der Waals surface area (Å²) < 4.78 is 11.5. The largest absolute Gasteiger partial charge is 0.495 e. The van der Waals surface area contributed by atoms with E-state index < -0.39 is 5.91 Å². The maximum absolute atomic E-state index is 12.7. The average molecular weight is 651 g/mol. The first-order chi connectivity index (χ1) is 22.7. The Hall–Kier alpha value is -3.04. The number of benzene rings is 1. The lowest BCUT2D eigenvalue weighted by atomic mass is 9.82. The van der Waals surface area contributed by atoms with Gasteiger partial charge >= 0.3 is 0 Å². The van der Waals surface area contributed by atoms with Crippen molar-refractivity contribution in [3.8, 4) is 5.75 Å². The van der Waals surface area contributed by atoms with Crippen LogP contribution >= 0.6 is 0 Å². The van der Waals surface area contributed by atoms with E-state index in [-0.39, 0.29) is 6.04 Å². The number of piperidine rings is 1. The second kappa shape index (κ2) is 18.5. The van der Waals surface area contributed by atoms with Crippen molar-refractivity contribution in [1.29, 1.82) is 0 Å². The smallest absolute Gasteiger partial charge is 0.248 e. The van der Waals surface area contributed by atoms with Gasteiger partial charge in [-0.05, 0) is 114 Å². The van der Waals surface area contributed by atoms with Crippen molar-refractivity contribution in [3.05, 3.63) is 40.7 Å². The second-order valence-corrected chi connectivity index (χ2v) is 13.9. The number of carbonyl (C=O) groups is 1. The summed E-state index contributed by atoms with van der Waals surface area (Å²) in [6.45, 7) is 15.0. The molecule has 1 atom stereocenters. The fourth-order valence-electron chi connectivity index (χ4n) is 7.44. The van der Waals surface area contributed by atoms with Gasteiger partial charge in [0.1, 0.15) is 17.4 Å². The average Bonchev–Trinajstić information content (AvgIpc) is 3.06. The summed E-state index contributed by atoms with van der Waals surface area (Å²) >= 11 is 0. The molecule has 0 bridgehead atoms. The Morgan fingerprint density at radius 1 is 1.13 bits per heavy atom. The van der Waals surface area contributed by atoms with E-state index in [2.05, 4.69) is 67.3 Å². The van der Waals surface area contributed by atoms with Crippen LogP contribution in [0.2, 0.25) is 0 Å².